The van der Waals surface area contributed by atoms with Crippen molar-refractivity contribution < 1.29 is 19.4 Å². The molecule has 1 aliphatic heterocycles. The van der Waals surface area contributed by atoms with Crippen LogP contribution in [0.2, 0.25) is 0 Å². The molecular weight excluding hydrogens is 234 g/mol. The minimum absolute atomic E-state index is 0.0874. The fourth-order valence-corrected chi connectivity index (χ4v) is 1.94. The van der Waals surface area contributed by atoms with Crippen LogP contribution in [0, 0.1) is 0 Å². The van der Waals surface area contributed by atoms with Crippen LogP contribution in [0.4, 0.5) is 5.69 Å². The van der Waals surface area contributed by atoms with Gasteiger partial charge < -0.3 is 14.7 Å². The van der Waals surface area contributed by atoms with Crippen LogP contribution in [0.5, 0.6) is 0 Å². The quantitative estimate of drug-likeness (QED) is 0.882. The number of aromatic carboxylic acids is 1. The van der Waals surface area contributed by atoms with Gasteiger partial charge in [-0.3, -0.25) is 4.79 Å². The number of rotatable bonds is 3. The third kappa shape index (κ3) is 2.51. The first-order valence-corrected chi connectivity index (χ1v) is 5.82. The van der Waals surface area contributed by atoms with Crippen molar-refractivity contribution in [1.29, 1.82) is 0 Å². The van der Waals surface area contributed by atoms with Gasteiger partial charge in [-0.15, -0.1) is 0 Å². The fraction of sp³-hybridized carbons (Fsp3) is 0.385. The fourth-order valence-electron chi connectivity index (χ4n) is 1.94. The Morgan fingerprint density at radius 2 is 2.00 bits per heavy atom. The lowest BCUT2D eigenvalue weighted by Crippen LogP contribution is -2.36. The molecule has 96 valence electrons. The van der Waals surface area contributed by atoms with Crippen molar-refractivity contribution >= 4 is 17.6 Å². The molecular formula is C13H15NO4. The van der Waals surface area contributed by atoms with Crippen LogP contribution < -0.4 is 4.90 Å². The summed E-state index contributed by atoms with van der Waals surface area (Å²) in [6, 6.07) is 6.21. The summed E-state index contributed by atoms with van der Waals surface area (Å²) in [6.07, 6.45) is 1.28. The van der Waals surface area contributed by atoms with Crippen LogP contribution in [0.1, 0.15) is 23.2 Å². The van der Waals surface area contributed by atoms with E-state index in [2.05, 4.69) is 0 Å². The molecule has 0 bridgehead atoms. The molecule has 1 amide bonds. The highest BCUT2D eigenvalue weighted by molar-refractivity contribution is 5.96. The molecule has 1 heterocycles. The zero-order chi connectivity index (χ0) is 13.1. The number of carbonyl (C=O) groups excluding carboxylic acids is 1. The van der Waals surface area contributed by atoms with E-state index in [1.165, 1.54) is 17.0 Å². The minimum Gasteiger partial charge on any atom is -0.478 e. The Bertz CT molecular complexity index is 449. The predicted molar refractivity (Wildman–Crippen MR) is 65.8 cm³/mol. The molecule has 2 rings (SSSR count). The molecule has 0 saturated carbocycles. The van der Waals surface area contributed by atoms with Crippen LogP contribution in [-0.2, 0) is 9.53 Å². The van der Waals surface area contributed by atoms with Crippen molar-refractivity contribution in [2.75, 3.05) is 18.6 Å². The van der Waals surface area contributed by atoms with E-state index in [0.717, 1.165) is 12.8 Å². The van der Waals surface area contributed by atoms with Gasteiger partial charge in [-0.2, -0.15) is 0 Å². The van der Waals surface area contributed by atoms with Gasteiger partial charge in [0.2, 0.25) is 0 Å². The first-order valence-electron chi connectivity index (χ1n) is 5.82. The maximum Gasteiger partial charge on any atom is 0.335 e. The molecule has 1 aromatic rings. The molecule has 1 aromatic carbocycles. The number of carboxylic acid groups (broad SMARTS) is 1. The Morgan fingerprint density at radius 1 is 1.33 bits per heavy atom. The Labute approximate surface area is 105 Å². The van der Waals surface area contributed by atoms with Crippen LogP contribution in [0.25, 0.3) is 0 Å². The number of carbonyl (C=O) groups is 2. The molecule has 18 heavy (non-hydrogen) atoms. The molecule has 1 atom stereocenters. The molecule has 1 aliphatic rings. The van der Waals surface area contributed by atoms with Crippen molar-refractivity contribution in [2.45, 2.75) is 18.9 Å². The lowest BCUT2D eigenvalue weighted by atomic mass is 10.1. The monoisotopic (exact) mass is 249 g/mol. The van der Waals surface area contributed by atoms with E-state index in [1.54, 1.807) is 19.2 Å². The maximum atomic E-state index is 12.0. The second kappa shape index (κ2) is 5.18. The Morgan fingerprint density at radius 3 is 2.50 bits per heavy atom. The second-order valence-electron chi connectivity index (χ2n) is 4.25. The van der Waals surface area contributed by atoms with E-state index >= 15 is 0 Å². The number of ether oxygens (including phenoxy) is 1. The van der Waals surface area contributed by atoms with Gasteiger partial charge in [-0.05, 0) is 37.1 Å². The van der Waals surface area contributed by atoms with Crippen LogP contribution >= 0.6 is 0 Å². The second-order valence-corrected chi connectivity index (χ2v) is 4.25. The summed E-state index contributed by atoms with van der Waals surface area (Å²) in [5.41, 5.74) is 0.872. The van der Waals surface area contributed by atoms with Gasteiger partial charge in [0, 0.05) is 19.3 Å². The standard InChI is InChI=1S/C13H15NO4/c1-14(12(15)11-3-2-8-18-11)10-6-4-9(5-7-10)13(16)17/h4-7,11H,2-3,8H2,1H3,(H,16,17). The third-order valence-corrected chi connectivity index (χ3v) is 3.04. The normalized spacial score (nSPS) is 18.6. The summed E-state index contributed by atoms with van der Waals surface area (Å²) in [7, 11) is 1.67. The molecule has 0 spiro atoms. The smallest absolute Gasteiger partial charge is 0.335 e. The van der Waals surface area contributed by atoms with E-state index in [1.807, 2.05) is 0 Å². The molecule has 5 heteroatoms. The predicted octanol–water partition coefficient (Wildman–Crippen LogP) is 1.53. The lowest BCUT2D eigenvalue weighted by molar-refractivity contribution is -0.127. The number of benzene rings is 1. The molecule has 1 N–H and O–H groups in total. The largest absolute Gasteiger partial charge is 0.478 e. The Hall–Kier alpha value is -1.88. The van der Waals surface area contributed by atoms with E-state index in [0.29, 0.717) is 12.3 Å². The average molecular weight is 249 g/mol. The summed E-state index contributed by atoms with van der Waals surface area (Å²) in [6.45, 7) is 0.627. The molecule has 0 aromatic heterocycles. The van der Waals surface area contributed by atoms with Gasteiger partial charge in [0.25, 0.3) is 5.91 Å². The lowest BCUT2D eigenvalue weighted by Gasteiger charge is -2.20. The van der Waals surface area contributed by atoms with Crippen LogP contribution in [0.3, 0.4) is 0 Å². The molecule has 1 saturated heterocycles. The van der Waals surface area contributed by atoms with E-state index in [4.69, 9.17) is 9.84 Å². The summed E-state index contributed by atoms with van der Waals surface area (Å²) in [5, 5.41) is 8.80. The summed E-state index contributed by atoms with van der Waals surface area (Å²) in [4.78, 5) is 24.3. The summed E-state index contributed by atoms with van der Waals surface area (Å²) >= 11 is 0. The number of amides is 1. The molecule has 1 unspecified atom stereocenters. The van der Waals surface area contributed by atoms with Gasteiger partial charge in [0.1, 0.15) is 6.10 Å². The van der Waals surface area contributed by atoms with Gasteiger partial charge in [0.15, 0.2) is 0 Å². The average Bonchev–Trinajstić information content (AvgIpc) is 2.91. The van der Waals surface area contributed by atoms with E-state index < -0.39 is 5.97 Å². The van der Waals surface area contributed by atoms with Gasteiger partial charge in [-0.25, -0.2) is 4.79 Å². The Balaban J connectivity index is 2.10. The highest BCUT2D eigenvalue weighted by Crippen LogP contribution is 2.19. The number of hydrogen-bond donors (Lipinski definition) is 1. The first kappa shape index (κ1) is 12.6. The van der Waals surface area contributed by atoms with Crippen molar-refractivity contribution in [3.05, 3.63) is 29.8 Å². The summed E-state index contributed by atoms with van der Waals surface area (Å²) in [5.74, 6) is -1.06. The molecule has 0 aliphatic carbocycles. The zero-order valence-corrected chi connectivity index (χ0v) is 10.1. The number of likely N-dealkylation sites (N-methyl/N-ethyl adjacent to an activating group) is 1. The maximum absolute atomic E-state index is 12.0. The van der Waals surface area contributed by atoms with Crippen molar-refractivity contribution in [3.63, 3.8) is 0 Å². The topological polar surface area (TPSA) is 66.8 Å². The van der Waals surface area contributed by atoms with Gasteiger partial charge >= 0.3 is 5.97 Å². The first-order chi connectivity index (χ1) is 8.59. The number of hydrogen-bond acceptors (Lipinski definition) is 3. The number of nitrogens with zero attached hydrogens (tertiary/aromatic N) is 1. The van der Waals surface area contributed by atoms with Crippen LogP contribution in [0.15, 0.2) is 24.3 Å². The van der Waals surface area contributed by atoms with Crippen molar-refractivity contribution in [3.8, 4) is 0 Å². The van der Waals surface area contributed by atoms with Crippen molar-refractivity contribution in [2.24, 2.45) is 0 Å². The molecule has 5 nitrogen and oxygen atoms in total. The van der Waals surface area contributed by atoms with Crippen molar-refractivity contribution in [1.82, 2.24) is 0 Å². The van der Waals surface area contributed by atoms with E-state index in [9.17, 15) is 9.59 Å². The Kier molecular flexibility index (Phi) is 3.62. The zero-order valence-electron chi connectivity index (χ0n) is 10.1. The third-order valence-electron chi connectivity index (χ3n) is 3.04. The minimum atomic E-state index is -0.977. The molecule has 0 radical (unpaired) electrons. The number of anilines is 1. The van der Waals surface area contributed by atoms with Gasteiger partial charge in [-0.1, -0.05) is 0 Å². The molecule has 1 fully saturated rings. The SMILES string of the molecule is CN(C(=O)C1CCCO1)c1ccc(C(=O)O)cc1. The summed E-state index contributed by atoms with van der Waals surface area (Å²) < 4.78 is 5.33. The number of carboxylic acids is 1. The van der Waals surface area contributed by atoms with E-state index in [-0.39, 0.29) is 17.6 Å². The van der Waals surface area contributed by atoms with Crippen LogP contribution in [-0.4, -0.2) is 36.7 Å². The van der Waals surface area contributed by atoms with Gasteiger partial charge in [0.05, 0.1) is 5.56 Å². The highest BCUT2D eigenvalue weighted by Gasteiger charge is 2.27. The highest BCUT2D eigenvalue weighted by atomic mass is 16.5.